The molecule has 0 aliphatic carbocycles. The largest absolute Gasteiger partial charge is 0.419 e. The summed E-state index contributed by atoms with van der Waals surface area (Å²) in [5.74, 6) is 1.76. The lowest BCUT2D eigenvalue weighted by Gasteiger charge is -2.21. The van der Waals surface area contributed by atoms with Gasteiger partial charge in [-0.3, -0.25) is 4.90 Å². The SMILES string of the molecule is CSCC(C)N(C)Cc1nnc(-c2ccc(F)cc2)o1. The topological polar surface area (TPSA) is 42.2 Å². The van der Waals surface area contributed by atoms with E-state index in [1.54, 1.807) is 12.1 Å². The first-order valence-electron chi connectivity index (χ1n) is 6.37. The molecule has 0 amide bonds. The van der Waals surface area contributed by atoms with E-state index in [0.717, 1.165) is 11.3 Å². The van der Waals surface area contributed by atoms with E-state index in [4.69, 9.17) is 4.42 Å². The number of nitrogens with zero attached hydrogens (tertiary/aromatic N) is 3. The van der Waals surface area contributed by atoms with Crippen molar-refractivity contribution in [2.24, 2.45) is 0 Å². The number of benzene rings is 1. The Morgan fingerprint density at radius 3 is 2.65 bits per heavy atom. The van der Waals surface area contributed by atoms with Gasteiger partial charge in [0.2, 0.25) is 11.8 Å². The lowest BCUT2D eigenvalue weighted by Crippen LogP contribution is -2.30. The van der Waals surface area contributed by atoms with Crippen molar-refractivity contribution in [1.82, 2.24) is 15.1 Å². The highest BCUT2D eigenvalue weighted by atomic mass is 32.2. The summed E-state index contributed by atoms with van der Waals surface area (Å²) in [6.07, 6.45) is 2.09. The summed E-state index contributed by atoms with van der Waals surface area (Å²) in [4.78, 5) is 2.17. The Bertz CT molecular complexity index is 544. The molecule has 2 rings (SSSR count). The van der Waals surface area contributed by atoms with Crippen LogP contribution in [0.4, 0.5) is 4.39 Å². The molecule has 0 radical (unpaired) electrons. The fourth-order valence-electron chi connectivity index (χ4n) is 1.76. The smallest absolute Gasteiger partial charge is 0.247 e. The van der Waals surface area contributed by atoms with Crippen LogP contribution in [0.25, 0.3) is 11.5 Å². The molecular weight excluding hydrogens is 277 g/mol. The van der Waals surface area contributed by atoms with Gasteiger partial charge in [0, 0.05) is 17.4 Å². The molecule has 0 spiro atoms. The van der Waals surface area contributed by atoms with Crippen molar-refractivity contribution < 1.29 is 8.81 Å². The maximum absolute atomic E-state index is 12.9. The Hall–Kier alpha value is -1.40. The average Bonchev–Trinajstić information content (AvgIpc) is 2.88. The molecule has 0 bridgehead atoms. The first kappa shape index (κ1) is 15.0. The van der Waals surface area contributed by atoms with Crippen molar-refractivity contribution in [2.45, 2.75) is 19.5 Å². The van der Waals surface area contributed by atoms with Crippen LogP contribution >= 0.6 is 11.8 Å². The molecule has 1 aromatic carbocycles. The molecule has 1 atom stereocenters. The third-order valence-corrected chi connectivity index (χ3v) is 3.92. The van der Waals surface area contributed by atoms with E-state index in [0.29, 0.717) is 24.4 Å². The molecule has 6 heteroatoms. The Morgan fingerprint density at radius 2 is 2.00 bits per heavy atom. The van der Waals surface area contributed by atoms with Crippen molar-refractivity contribution in [3.05, 3.63) is 36.0 Å². The molecule has 108 valence electrons. The van der Waals surface area contributed by atoms with Crippen molar-refractivity contribution >= 4 is 11.8 Å². The molecule has 0 N–H and O–H groups in total. The molecule has 0 aliphatic rings. The highest BCUT2D eigenvalue weighted by Gasteiger charge is 2.14. The number of rotatable bonds is 6. The highest BCUT2D eigenvalue weighted by Crippen LogP contribution is 2.19. The lowest BCUT2D eigenvalue weighted by atomic mass is 10.2. The molecule has 4 nitrogen and oxygen atoms in total. The second kappa shape index (κ2) is 6.85. The molecule has 0 saturated heterocycles. The third kappa shape index (κ3) is 3.80. The highest BCUT2D eigenvalue weighted by molar-refractivity contribution is 7.98. The van der Waals surface area contributed by atoms with Gasteiger partial charge in [0.05, 0.1) is 6.54 Å². The quantitative estimate of drug-likeness (QED) is 0.819. The van der Waals surface area contributed by atoms with Gasteiger partial charge in [-0.15, -0.1) is 10.2 Å². The van der Waals surface area contributed by atoms with E-state index < -0.39 is 0 Å². The zero-order valence-electron chi connectivity index (χ0n) is 11.8. The summed E-state index contributed by atoms with van der Waals surface area (Å²) < 4.78 is 18.5. The van der Waals surface area contributed by atoms with Crippen molar-refractivity contribution in [2.75, 3.05) is 19.1 Å². The summed E-state index contributed by atoms with van der Waals surface area (Å²) >= 11 is 1.81. The van der Waals surface area contributed by atoms with Gasteiger partial charge in [-0.2, -0.15) is 11.8 Å². The maximum atomic E-state index is 12.9. The van der Waals surface area contributed by atoms with E-state index in [1.165, 1.54) is 12.1 Å². The summed E-state index contributed by atoms with van der Waals surface area (Å²) in [7, 11) is 2.03. The Kier molecular flexibility index (Phi) is 5.14. The fraction of sp³-hybridized carbons (Fsp3) is 0.429. The Balaban J connectivity index is 2.03. The summed E-state index contributed by atoms with van der Waals surface area (Å²) in [6, 6.07) is 6.46. The molecule has 20 heavy (non-hydrogen) atoms. The van der Waals surface area contributed by atoms with Gasteiger partial charge in [-0.1, -0.05) is 0 Å². The zero-order chi connectivity index (χ0) is 14.5. The summed E-state index contributed by atoms with van der Waals surface area (Å²) in [5, 5.41) is 8.04. The Labute approximate surface area is 122 Å². The molecule has 2 aromatic rings. The Morgan fingerprint density at radius 1 is 1.30 bits per heavy atom. The fourth-order valence-corrected chi connectivity index (χ4v) is 2.50. The number of hydrogen-bond donors (Lipinski definition) is 0. The summed E-state index contributed by atoms with van der Waals surface area (Å²) in [5.41, 5.74) is 0.727. The lowest BCUT2D eigenvalue weighted by molar-refractivity contribution is 0.243. The van der Waals surface area contributed by atoms with Gasteiger partial charge in [-0.25, -0.2) is 4.39 Å². The summed E-state index contributed by atoms with van der Waals surface area (Å²) in [6.45, 7) is 2.77. The van der Waals surface area contributed by atoms with Crippen molar-refractivity contribution in [3.63, 3.8) is 0 Å². The first-order chi connectivity index (χ1) is 9.60. The van der Waals surface area contributed by atoms with Gasteiger partial charge in [-0.05, 0) is 44.5 Å². The van der Waals surface area contributed by atoms with E-state index in [-0.39, 0.29) is 5.82 Å². The predicted molar refractivity (Wildman–Crippen MR) is 79.0 cm³/mol. The molecule has 1 heterocycles. The van der Waals surface area contributed by atoms with Gasteiger partial charge in [0.15, 0.2) is 0 Å². The predicted octanol–water partition coefficient (Wildman–Crippen LogP) is 3.06. The second-order valence-electron chi connectivity index (χ2n) is 4.73. The van der Waals surface area contributed by atoms with Crippen LogP contribution in [-0.4, -0.2) is 40.2 Å². The van der Waals surface area contributed by atoms with Crippen LogP contribution in [0.5, 0.6) is 0 Å². The number of aromatic nitrogens is 2. The third-order valence-electron chi connectivity index (χ3n) is 3.10. The van der Waals surface area contributed by atoms with E-state index in [1.807, 2.05) is 18.8 Å². The zero-order valence-corrected chi connectivity index (χ0v) is 12.7. The average molecular weight is 295 g/mol. The molecular formula is C14H18FN3OS. The van der Waals surface area contributed by atoms with Gasteiger partial charge >= 0.3 is 0 Å². The minimum atomic E-state index is -0.279. The molecule has 0 saturated carbocycles. The van der Waals surface area contributed by atoms with E-state index >= 15 is 0 Å². The van der Waals surface area contributed by atoms with Crippen molar-refractivity contribution in [3.8, 4) is 11.5 Å². The van der Waals surface area contributed by atoms with Crippen LogP contribution in [0, 0.1) is 5.82 Å². The molecule has 1 aromatic heterocycles. The maximum Gasteiger partial charge on any atom is 0.247 e. The normalized spacial score (nSPS) is 12.8. The van der Waals surface area contributed by atoms with Crippen LogP contribution in [0.3, 0.4) is 0 Å². The standard InChI is InChI=1S/C14H18FN3OS/c1-10(9-20-3)18(2)8-13-16-17-14(19-13)11-4-6-12(15)7-5-11/h4-7,10H,8-9H2,1-3H3. The van der Waals surface area contributed by atoms with Crippen LogP contribution in [0.2, 0.25) is 0 Å². The molecule has 0 aliphatic heterocycles. The van der Waals surface area contributed by atoms with Gasteiger partial charge in [0.25, 0.3) is 0 Å². The minimum absolute atomic E-state index is 0.279. The van der Waals surface area contributed by atoms with Gasteiger partial charge < -0.3 is 4.42 Å². The van der Waals surface area contributed by atoms with Crippen LogP contribution in [0.15, 0.2) is 28.7 Å². The second-order valence-corrected chi connectivity index (χ2v) is 5.64. The van der Waals surface area contributed by atoms with Crippen LogP contribution in [-0.2, 0) is 6.54 Å². The van der Waals surface area contributed by atoms with Gasteiger partial charge in [0.1, 0.15) is 5.82 Å². The first-order valence-corrected chi connectivity index (χ1v) is 7.77. The number of thioether (sulfide) groups is 1. The molecule has 1 unspecified atom stereocenters. The van der Waals surface area contributed by atoms with E-state index in [2.05, 4.69) is 28.3 Å². The minimum Gasteiger partial charge on any atom is -0.419 e. The van der Waals surface area contributed by atoms with Crippen LogP contribution in [0.1, 0.15) is 12.8 Å². The number of halogens is 1. The molecule has 0 fully saturated rings. The monoisotopic (exact) mass is 295 g/mol. The van der Waals surface area contributed by atoms with Crippen LogP contribution < -0.4 is 0 Å². The van der Waals surface area contributed by atoms with Crippen molar-refractivity contribution in [1.29, 1.82) is 0 Å². The van der Waals surface area contributed by atoms with E-state index in [9.17, 15) is 4.39 Å². The number of hydrogen-bond acceptors (Lipinski definition) is 5.